The topological polar surface area (TPSA) is 99.5 Å². The molecule has 198 valence electrons. The van der Waals surface area contributed by atoms with E-state index in [2.05, 4.69) is 26.0 Å². The molecule has 5 rings (SSSR count). The molecular weight excluding hydrogens is 494 g/mol. The molecule has 3 aromatic heterocycles. The lowest BCUT2D eigenvalue weighted by atomic mass is 9.88. The summed E-state index contributed by atoms with van der Waals surface area (Å²) in [5.74, 6) is 1.20. The monoisotopic (exact) mass is 523 g/mol. The van der Waals surface area contributed by atoms with Crippen LogP contribution in [0.25, 0.3) is 16.1 Å². The van der Waals surface area contributed by atoms with Crippen LogP contribution in [0.15, 0.2) is 47.7 Å². The Morgan fingerprint density at radius 1 is 1.13 bits per heavy atom. The first-order chi connectivity index (χ1) is 18.7. The number of carbonyl (C=O) groups excluding carboxylic acids is 1. The highest BCUT2D eigenvalue weighted by Gasteiger charge is 2.32. The van der Waals surface area contributed by atoms with Gasteiger partial charge in [-0.05, 0) is 62.1 Å². The number of rotatable bonds is 6. The van der Waals surface area contributed by atoms with Gasteiger partial charge >= 0.3 is 0 Å². The first kappa shape index (κ1) is 25.9. The van der Waals surface area contributed by atoms with Crippen LogP contribution in [0, 0.1) is 20.4 Å². The fraction of sp³-hybridized carbons (Fsp3) is 0.310. The molecule has 0 spiro atoms. The first-order valence-corrected chi connectivity index (χ1v) is 12.6. The summed E-state index contributed by atoms with van der Waals surface area (Å²) < 4.78 is 8.72. The number of ether oxygens (including phenoxy) is 1. The average Bonchev–Trinajstić information content (AvgIpc) is 3.34. The maximum absolute atomic E-state index is 14.0. The molecule has 10 heteroatoms. The summed E-state index contributed by atoms with van der Waals surface area (Å²) in [6.45, 7) is 14.1. The molecule has 0 unspecified atom stereocenters. The predicted molar refractivity (Wildman–Crippen MR) is 146 cm³/mol. The summed E-state index contributed by atoms with van der Waals surface area (Å²) in [7, 11) is 3.15. The molecule has 39 heavy (non-hydrogen) atoms. The van der Waals surface area contributed by atoms with E-state index in [0.29, 0.717) is 47.9 Å². The number of aryl methyl sites for hydroxylation is 3. The second-order valence-electron chi connectivity index (χ2n) is 9.73. The second kappa shape index (κ2) is 10.2. The van der Waals surface area contributed by atoms with Gasteiger partial charge in [0.15, 0.2) is 0 Å². The molecule has 1 aliphatic rings. The number of pyridine rings is 1. The Kier molecular flexibility index (Phi) is 6.74. The normalized spacial score (nSPS) is 13.6. The third kappa shape index (κ3) is 4.68. The lowest BCUT2D eigenvalue weighted by Gasteiger charge is -2.34. The highest BCUT2D eigenvalue weighted by atomic mass is 16.5. The van der Waals surface area contributed by atoms with Gasteiger partial charge < -0.3 is 14.2 Å². The summed E-state index contributed by atoms with van der Waals surface area (Å²) in [6.07, 6.45) is 5.76. The van der Waals surface area contributed by atoms with Crippen molar-refractivity contribution in [2.45, 2.75) is 39.8 Å². The number of hydrogen-bond acceptors (Lipinski definition) is 6. The molecule has 4 heterocycles. The van der Waals surface area contributed by atoms with Crippen molar-refractivity contribution < 1.29 is 9.53 Å². The van der Waals surface area contributed by atoms with E-state index in [4.69, 9.17) is 11.3 Å². The Bertz CT molecular complexity index is 1700. The summed E-state index contributed by atoms with van der Waals surface area (Å²) in [4.78, 5) is 40.3. The van der Waals surface area contributed by atoms with Crippen LogP contribution in [-0.4, -0.2) is 48.8 Å². The number of nitrogens with zero attached hydrogens (tertiary/aromatic N) is 7. The number of aromatic nitrogens is 5. The predicted octanol–water partition coefficient (Wildman–Crippen LogP) is 4.02. The molecule has 4 aromatic rings. The van der Waals surface area contributed by atoms with E-state index in [0.717, 1.165) is 28.1 Å². The van der Waals surface area contributed by atoms with Crippen LogP contribution in [-0.2, 0) is 20.0 Å². The SMILES string of the molecule is [C-]#[N+]c1cnc([C@H](C)N2CCc3c(cc(Cn4ccnc4C)cc3-c3nn(C)c(=O)cc3C)C2=O)cc1OC. The molecule has 0 N–H and O–H groups in total. The molecule has 1 aliphatic heterocycles. The summed E-state index contributed by atoms with van der Waals surface area (Å²) in [5, 5.41) is 4.58. The van der Waals surface area contributed by atoms with Crippen LogP contribution in [0.4, 0.5) is 5.69 Å². The van der Waals surface area contributed by atoms with Crippen molar-refractivity contribution in [1.82, 2.24) is 29.2 Å². The fourth-order valence-corrected chi connectivity index (χ4v) is 5.09. The standard InChI is InChI=1S/C29H29N7O3/c1-17-11-27(37)34(5)33-28(17)22-12-20(16-35-10-8-31-19(35)3)13-23-21(22)7-9-36(29(23)38)18(2)24-14-26(39-6)25(30-4)15-32-24/h8,10-15,18H,7,9,16H2,1-3,5-6H3/t18-/m0/s1. The smallest absolute Gasteiger partial charge is 0.266 e. The van der Waals surface area contributed by atoms with E-state index in [1.165, 1.54) is 18.0 Å². The van der Waals surface area contributed by atoms with Crippen molar-refractivity contribution in [2.24, 2.45) is 7.05 Å². The molecule has 0 saturated carbocycles. The van der Waals surface area contributed by atoms with Gasteiger partial charge in [-0.15, -0.1) is 0 Å². The minimum absolute atomic E-state index is 0.105. The first-order valence-electron chi connectivity index (χ1n) is 12.6. The number of benzene rings is 1. The van der Waals surface area contributed by atoms with Crippen LogP contribution in [0.3, 0.4) is 0 Å². The number of amides is 1. The quantitative estimate of drug-likeness (QED) is 0.354. The molecule has 0 radical (unpaired) electrons. The minimum atomic E-state index is -0.334. The van der Waals surface area contributed by atoms with Crippen LogP contribution >= 0.6 is 0 Å². The van der Waals surface area contributed by atoms with E-state index in [1.807, 2.05) is 37.6 Å². The zero-order valence-corrected chi connectivity index (χ0v) is 22.6. The van der Waals surface area contributed by atoms with Gasteiger partial charge in [0.2, 0.25) is 5.69 Å². The number of imidazole rings is 1. The van der Waals surface area contributed by atoms with Crippen molar-refractivity contribution in [2.75, 3.05) is 13.7 Å². The fourth-order valence-electron chi connectivity index (χ4n) is 5.09. The van der Waals surface area contributed by atoms with Crippen molar-refractivity contribution in [3.8, 4) is 17.0 Å². The Morgan fingerprint density at radius 2 is 1.90 bits per heavy atom. The molecule has 1 aromatic carbocycles. The molecule has 0 aliphatic carbocycles. The van der Waals surface area contributed by atoms with Crippen molar-refractivity contribution in [1.29, 1.82) is 0 Å². The Hall–Kier alpha value is -4.78. The van der Waals surface area contributed by atoms with Crippen LogP contribution in [0.2, 0.25) is 0 Å². The molecule has 10 nitrogen and oxygen atoms in total. The van der Waals surface area contributed by atoms with Gasteiger partial charge in [-0.1, -0.05) is 0 Å². The zero-order chi connectivity index (χ0) is 27.8. The number of hydrogen-bond donors (Lipinski definition) is 0. The highest BCUT2D eigenvalue weighted by molar-refractivity contribution is 5.99. The molecule has 0 saturated heterocycles. The van der Waals surface area contributed by atoms with Crippen molar-refractivity contribution in [3.05, 3.63) is 98.4 Å². The summed E-state index contributed by atoms with van der Waals surface area (Å²) >= 11 is 0. The van der Waals surface area contributed by atoms with Crippen molar-refractivity contribution in [3.63, 3.8) is 0 Å². The van der Waals surface area contributed by atoms with E-state index < -0.39 is 0 Å². The Balaban J connectivity index is 1.61. The molecule has 0 bridgehead atoms. The van der Waals surface area contributed by atoms with E-state index >= 15 is 0 Å². The van der Waals surface area contributed by atoms with E-state index in [1.54, 1.807) is 30.3 Å². The molecular formula is C29H29N7O3. The maximum atomic E-state index is 14.0. The molecule has 0 fully saturated rings. The summed E-state index contributed by atoms with van der Waals surface area (Å²) in [6, 6.07) is 6.99. The van der Waals surface area contributed by atoms with Gasteiger partial charge in [-0.3, -0.25) is 14.6 Å². The number of methoxy groups -OCH3 is 1. The number of fused-ring (bicyclic) bond motifs is 1. The van der Waals surface area contributed by atoms with Crippen LogP contribution < -0.4 is 10.3 Å². The van der Waals surface area contributed by atoms with Gasteiger partial charge in [-0.25, -0.2) is 14.5 Å². The molecule has 1 amide bonds. The van der Waals surface area contributed by atoms with Gasteiger partial charge in [0.1, 0.15) is 11.6 Å². The van der Waals surface area contributed by atoms with Crippen molar-refractivity contribution >= 4 is 11.6 Å². The van der Waals surface area contributed by atoms with Gasteiger partial charge in [0, 0.05) is 55.9 Å². The highest BCUT2D eigenvalue weighted by Crippen LogP contribution is 2.36. The average molecular weight is 524 g/mol. The molecule has 1 atom stereocenters. The third-order valence-corrected chi connectivity index (χ3v) is 7.32. The van der Waals surface area contributed by atoms with E-state index in [-0.39, 0.29) is 17.5 Å². The minimum Gasteiger partial charge on any atom is -0.508 e. The maximum Gasteiger partial charge on any atom is 0.266 e. The lowest BCUT2D eigenvalue weighted by Crippen LogP contribution is -2.40. The largest absolute Gasteiger partial charge is 0.508 e. The van der Waals surface area contributed by atoms with E-state index in [9.17, 15) is 9.59 Å². The third-order valence-electron chi connectivity index (χ3n) is 7.32. The number of carbonyl (C=O) groups is 1. The van der Waals surface area contributed by atoms with Gasteiger partial charge in [0.25, 0.3) is 11.5 Å². The Morgan fingerprint density at radius 3 is 2.59 bits per heavy atom. The van der Waals surface area contributed by atoms with Crippen LogP contribution in [0.1, 0.15) is 51.5 Å². The van der Waals surface area contributed by atoms with Gasteiger partial charge in [-0.2, -0.15) is 5.10 Å². The summed E-state index contributed by atoms with van der Waals surface area (Å²) in [5.41, 5.74) is 5.56. The van der Waals surface area contributed by atoms with Crippen LogP contribution in [0.5, 0.6) is 5.75 Å². The lowest BCUT2D eigenvalue weighted by molar-refractivity contribution is 0.0669. The zero-order valence-electron chi connectivity index (χ0n) is 22.6. The van der Waals surface area contributed by atoms with Gasteiger partial charge in [0.05, 0.1) is 31.1 Å². The second-order valence-corrected chi connectivity index (χ2v) is 9.73. The Labute approximate surface area is 226 Å².